The maximum Gasteiger partial charge on any atom is 0.227 e. The smallest absolute Gasteiger partial charge is 0.227 e. The summed E-state index contributed by atoms with van der Waals surface area (Å²) >= 11 is 12.1. The Morgan fingerprint density at radius 1 is 1.23 bits per heavy atom. The lowest BCUT2D eigenvalue weighted by Gasteiger charge is -2.31. The van der Waals surface area contributed by atoms with Gasteiger partial charge in [0.15, 0.2) is 0 Å². The molecule has 22 heavy (non-hydrogen) atoms. The molecule has 2 aliphatic rings. The summed E-state index contributed by atoms with van der Waals surface area (Å²) in [6, 6.07) is 5.62. The van der Waals surface area contributed by atoms with Crippen molar-refractivity contribution >= 4 is 35.0 Å². The number of carbonyl (C=O) groups is 2. The first-order valence-corrected chi connectivity index (χ1v) is 8.34. The lowest BCUT2D eigenvalue weighted by molar-refractivity contribution is -0.138. The SMILES string of the molecule is O=C1CC[C@H](C(=O)N2CCC[C@@H]2c2ccc(Cl)c(Cl)c2)CN1. The summed E-state index contributed by atoms with van der Waals surface area (Å²) in [6.45, 7) is 1.20. The molecule has 0 spiro atoms. The topological polar surface area (TPSA) is 49.4 Å². The number of benzene rings is 1. The molecule has 1 aromatic carbocycles. The lowest BCUT2D eigenvalue weighted by Crippen LogP contribution is -2.44. The summed E-state index contributed by atoms with van der Waals surface area (Å²) in [5.74, 6) is 0.0566. The van der Waals surface area contributed by atoms with Gasteiger partial charge in [-0.15, -0.1) is 0 Å². The fourth-order valence-corrected chi connectivity index (χ4v) is 3.58. The van der Waals surface area contributed by atoms with Crippen molar-refractivity contribution < 1.29 is 9.59 Å². The number of hydrogen-bond acceptors (Lipinski definition) is 2. The summed E-state index contributed by atoms with van der Waals surface area (Å²) in [5, 5.41) is 3.82. The third kappa shape index (κ3) is 3.08. The van der Waals surface area contributed by atoms with Crippen molar-refractivity contribution in [3.63, 3.8) is 0 Å². The van der Waals surface area contributed by atoms with E-state index in [0.717, 1.165) is 24.9 Å². The molecule has 3 rings (SSSR count). The van der Waals surface area contributed by atoms with Crippen molar-refractivity contribution in [2.75, 3.05) is 13.1 Å². The largest absolute Gasteiger partial charge is 0.355 e. The van der Waals surface area contributed by atoms with Crippen LogP contribution in [0.1, 0.15) is 37.3 Å². The minimum absolute atomic E-state index is 0.0338. The van der Waals surface area contributed by atoms with E-state index >= 15 is 0 Å². The first kappa shape index (κ1) is 15.6. The molecule has 2 atom stereocenters. The predicted octanol–water partition coefficient (Wildman–Crippen LogP) is 3.18. The van der Waals surface area contributed by atoms with Crippen LogP contribution >= 0.6 is 23.2 Å². The van der Waals surface area contributed by atoms with Gasteiger partial charge in [-0.05, 0) is 37.0 Å². The normalized spacial score (nSPS) is 25.2. The molecule has 1 N–H and O–H groups in total. The minimum atomic E-state index is -0.110. The number of carbonyl (C=O) groups excluding carboxylic acids is 2. The zero-order valence-electron chi connectivity index (χ0n) is 12.1. The van der Waals surface area contributed by atoms with Crippen LogP contribution in [0.15, 0.2) is 18.2 Å². The zero-order valence-corrected chi connectivity index (χ0v) is 13.7. The van der Waals surface area contributed by atoms with E-state index in [4.69, 9.17) is 23.2 Å². The summed E-state index contributed by atoms with van der Waals surface area (Å²) in [6.07, 6.45) is 2.98. The van der Waals surface area contributed by atoms with Gasteiger partial charge in [0.2, 0.25) is 11.8 Å². The van der Waals surface area contributed by atoms with E-state index in [1.807, 2.05) is 17.0 Å². The molecule has 2 aliphatic heterocycles. The monoisotopic (exact) mass is 340 g/mol. The van der Waals surface area contributed by atoms with Crippen molar-refractivity contribution in [2.45, 2.75) is 31.7 Å². The molecule has 0 saturated carbocycles. The Bertz CT molecular complexity index is 596. The van der Waals surface area contributed by atoms with Crippen LogP contribution in [0, 0.1) is 5.92 Å². The van der Waals surface area contributed by atoms with Crippen LogP contribution in [0.2, 0.25) is 10.0 Å². The average Bonchev–Trinajstić information content (AvgIpc) is 2.99. The molecule has 2 fully saturated rings. The molecule has 0 radical (unpaired) electrons. The van der Waals surface area contributed by atoms with Crippen molar-refractivity contribution in [3.05, 3.63) is 33.8 Å². The molecule has 6 heteroatoms. The minimum Gasteiger partial charge on any atom is -0.355 e. The number of likely N-dealkylation sites (tertiary alicyclic amines) is 1. The highest BCUT2D eigenvalue weighted by atomic mass is 35.5. The van der Waals surface area contributed by atoms with Crippen LogP contribution in [0.25, 0.3) is 0 Å². The molecule has 1 aromatic rings. The van der Waals surface area contributed by atoms with Gasteiger partial charge in [0, 0.05) is 19.5 Å². The van der Waals surface area contributed by atoms with E-state index in [1.54, 1.807) is 6.07 Å². The number of piperidine rings is 1. The standard InChI is InChI=1S/C16H18Cl2N2O2/c17-12-5-3-10(8-13(12)18)14-2-1-7-20(14)16(22)11-4-6-15(21)19-9-11/h3,5,8,11,14H,1-2,4,6-7,9H2,(H,19,21)/t11-,14+/m0/s1. The highest BCUT2D eigenvalue weighted by Crippen LogP contribution is 2.36. The van der Waals surface area contributed by atoms with Crippen LogP contribution in [0.3, 0.4) is 0 Å². The van der Waals surface area contributed by atoms with Gasteiger partial charge in [0.25, 0.3) is 0 Å². The van der Waals surface area contributed by atoms with E-state index in [-0.39, 0.29) is 23.8 Å². The molecule has 2 amide bonds. The Morgan fingerprint density at radius 2 is 2.05 bits per heavy atom. The van der Waals surface area contributed by atoms with E-state index in [1.165, 1.54) is 0 Å². The lowest BCUT2D eigenvalue weighted by atomic mass is 9.96. The molecule has 0 bridgehead atoms. The number of nitrogens with zero attached hydrogens (tertiary/aromatic N) is 1. The number of halogens is 2. The van der Waals surface area contributed by atoms with Gasteiger partial charge in [-0.3, -0.25) is 9.59 Å². The molecular formula is C16H18Cl2N2O2. The van der Waals surface area contributed by atoms with Crippen molar-refractivity contribution in [1.29, 1.82) is 0 Å². The van der Waals surface area contributed by atoms with Crippen LogP contribution in [0.5, 0.6) is 0 Å². The fraction of sp³-hybridized carbons (Fsp3) is 0.500. The molecule has 0 unspecified atom stereocenters. The van der Waals surface area contributed by atoms with Gasteiger partial charge in [-0.25, -0.2) is 0 Å². The quantitative estimate of drug-likeness (QED) is 0.898. The third-order valence-corrected chi connectivity index (χ3v) is 5.22. The Hall–Kier alpha value is -1.26. The highest BCUT2D eigenvalue weighted by Gasteiger charge is 2.35. The zero-order chi connectivity index (χ0) is 15.7. The summed E-state index contributed by atoms with van der Waals surface area (Å²) in [7, 11) is 0. The van der Waals surface area contributed by atoms with Gasteiger partial charge < -0.3 is 10.2 Å². The predicted molar refractivity (Wildman–Crippen MR) is 85.9 cm³/mol. The fourth-order valence-electron chi connectivity index (χ4n) is 3.27. The van der Waals surface area contributed by atoms with Crippen molar-refractivity contribution in [1.82, 2.24) is 10.2 Å². The van der Waals surface area contributed by atoms with Crippen LogP contribution in [-0.4, -0.2) is 29.8 Å². The van der Waals surface area contributed by atoms with E-state index < -0.39 is 0 Å². The molecule has 4 nitrogen and oxygen atoms in total. The second kappa shape index (κ2) is 6.47. The number of hydrogen-bond donors (Lipinski definition) is 1. The molecule has 118 valence electrons. The van der Waals surface area contributed by atoms with Crippen LogP contribution < -0.4 is 5.32 Å². The van der Waals surface area contributed by atoms with Gasteiger partial charge in [0.1, 0.15) is 0 Å². The van der Waals surface area contributed by atoms with Crippen molar-refractivity contribution in [2.24, 2.45) is 5.92 Å². The summed E-state index contributed by atoms with van der Waals surface area (Å²) < 4.78 is 0. The second-order valence-electron chi connectivity index (χ2n) is 5.90. The first-order chi connectivity index (χ1) is 10.6. The highest BCUT2D eigenvalue weighted by molar-refractivity contribution is 6.42. The number of nitrogens with one attached hydrogen (secondary N) is 1. The summed E-state index contributed by atoms with van der Waals surface area (Å²) in [5.41, 5.74) is 1.03. The van der Waals surface area contributed by atoms with Gasteiger partial charge in [-0.2, -0.15) is 0 Å². The van der Waals surface area contributed by atoms with E-state index in [0.29, 0.717) is 29.4 Å². The Kier molecular flexibility index (Phi) is 4.59. The van der Waals surface area contributed by atoms with Crippen LogP contribution in [0.4, 0.5) is 0 Å². The Labute approximate surface area is 139 Å². The molecular weight excluding hydrogens is 323 g/mol. The maximum atomic E-state index is 12.8. The van der Waals surface area contributed by atoms with E-state index in [2.05, 4.69) is 5.32 Å². The number of amides is 2. The molecule has 2 saturated heterocycles. The van der Waals surface area contributed by atoms with E-state index in [9.17, 15) is 9.59 Å². The third-order valence-electron chi connectivity index (χ3n) is 4.48. The molecule has 0 aliphatic carbocycles. The molecule has 0 aromatic heterocycles. The van der Waals surface area contributed by atoms with Crippen molar-refractivity contribution in [3.8, 4) is 0 Å². The van der Waals surface area contributed by atoms with Gasteiger partial charge in [0.05, 0.1) is 22.0 Å². The average molecular weight is 341 g/mol. The molecule has 2 heterocycles. The van der Waals surface area contributed by atoms with Crippen LogP contribution in [-0.2, 0) is 9.59 Å². The van der Waals surface area contributed by atoms with Gasteiger partial charge in [-0.1, -0.05) is 29.3 Å². The summed E-state index contributed by atoms with van der Waals surface area (Å²) in [4.78, 5) is 25.9. The Balaban J connectivity index is 1.76. The van der Waals surface area contributed by atoms with Gasteiger partial charge >= 0.3 is 0 Å². The first-order valence-electron chi connectivity index (χ1n) is 7.58. The Morgan fingerprint density at radius 3 is 2.73 bits per heavy atom. The number of rotatable bonds is 2. The maximum absolute atomic E-state index is 12.8. The second-order valence-corrected chi connectivity index (χ2v) is 6.72.